The molecule has 44 heavy (non-hydrogen) atoms. The van der Waals surface area contributed by atoms with Gasteiger partial charge in [-0.3, -0.25) is 4.79 Å². The number of amides is 1. The molecule has 1 aliphatic heterocycles. The third-order valence-electron chi connectivity index (χ3n) is 9.74. The molecule has 4 atom stereocenters. The molecule has 9 heteroatoms. The van der Waals surface area contributed by atoms with Gasteiger partial charge in [0.05, 0.1) is 17.5 Å². The van der Waals surface area contributed by atoms with E-state index in [1.807, 2.05) is 12.1 Å². The second-order valence-corrected chi connectivity index (χ2v) is 15.4. The van der Waals surface area contributed by atoms with Crippen LogP contribution >= 0.6 is 11.6 Å². The van der Waals surface area contributed by atoms with Crippen LogP contribution in [0.5, 0.6) is 5.75 Å². The van der Waals surface area contributed by atoms with E-state index < -0.39 is 26.8 Å². The van der Waals surface area contributed by atoms with Crippen LogP contribution in [-0.2, 0) is 26.6 Å². The Morgan fingerprint density at radius 3 is 2.75 bits per heavy atom. The van der Waals surface area contributed by atoms with E-state index in [0.29, 0.717) is 25.4 Å². The molecule has 1 saturated carbocycles. The summed E-state index contributed by atoms with van der Waals surface area (Å²) >= 11 is 6.41. The van der Waals surface area contributed by atoms with Gasteiger partial charge in [0.2, 0.25) is 10.0 Å². The molecule has 2 aliphatic carbocycles. The first kappa shape index (κ1) is 32.4. The molecule has 1 fully saturated rings. The quantitative estimate of drug-likeness (QED) is 0.257. The molecule has 0 saturated heterocycles. The molecule has 1 heterocycles. The predicted octanol–water partition coefficient (Wildman–Crippen LogP) is 6.29. The van der Waals surface area contributed by atoms with Crippen LogP contribution in [-0.4, -0.2) is 52.0 Å². The van der Waals surface area contributed by atoms with E-state index in [1.165, 1.54) is 25.0 Å². The van der Waals surface area contributed by atoms with Gasteiger partial charge in [-0.25, -0.2) is 13.1 Å². The first-order valence-electron chi connectivity index (χ1n) is 15.5. The molecule has 0 bridgehead atoms. The van der Waals surface area contributed by atoms with Crippen LogP contribution in [0.4, 0.5) is 5.69 Å². The molecular weight excluding hydrogens is 596 g/mol. The molecule has 2 aromatic rings. The number of halogens is 1. The van der Waals surface area contributed by atoms with Crippen LogP contribution in [0.2, 0.25) is 5.02 Å². The number of nitrogens with zero attached hydrogens (tertiary/aromatic N) is 1. The van der Waals surface area contributed by atoms with Crippen molar-refractivity contribution in [3.8, 4) is 18.1 Å². The highest BCUT2D eigenvalue weighted by Gasteiger charge is 2.48. The number of aryl methyl sites for hydroxylation is 1. The lowest BCUT2D eigenvalue weighted by Gasteiger charge is -2.48. The number of fused-ring (bicyclic) bond motifs is 3. The third kappa shape index (κ3) is 6.11. The van der Waals surface area contributed by atoms with Gasteiger partial charge >= 0.3 is 0 Å². The predicted molar refractivity (Wildman–Crippen MR) is 176 cm³/mol. The number of hydrogen-bond donors (Lipinski definition) is 1. The Balaban J connectivity index is 1.55. The fourth-order valence-corrected chi connectivity index (χ4v) is 7.85. The maximum atomic E-state index is 13.2. The van der Waals surface area contributed by atoms with Crippen LogP contribution in [0.3, 0.4) is 0 Å². The van der Waals surface area contributed by atoms with Crippen molar-refractivity contribution in [2.24, 2.45) is 11.8 Å². The molecule has 236 valence electrons. The maximum absolute atomic E-state index is 13.2. The lowest BCUT2D eigenvalue weighted by atomic mass is 9.64. The zero-order valence-electron chi connectivity index (χ0n) is 26.1. The summed E-state index contributed by atoms with van der Waals surface area (Å²) in [5.41, 5.74) is 2.46. The summed E-state index contributed by atoms with van der Waals surface area (Å²) in [7, 11) is -2.11. The van der Waals surface area contributed by atoms with Crippen molar-refractivity contribution < 1.29 is 22.7 Å². The number of allylic oxidation sites excluding steroid dienone is 1. The van der Waals surface area contributed by atoms with Gasteiger partial charge in [-0.2, -0.15) is 0 Å². The van der Waals surface area contributed by atoms with Crippen molar-refractivity contribution in [2.75, 3.05) is 31.7 Å². The highest BCUT2D eigenvalue weighted by Crippen LogP contribution is 2.48. The number of ether oxygens (including phenoxy) is 2. The number of carbonyl (C=O) groups excluding carboxylic acids is 1. The molecule has 1 spiro atoms. The van der Waals surface area contributed by atoms with Crippen molar-refractivity contribution in [3.05, 3.63) is 70.3 Å². The Labute approximate surface area is 267 Å². The average molecular weight is 639 g/mol. The van der Waals surface area contributed by atoms with Crippen LogP contribution in [0.25, 0.3) is 0 Å². The maximum Gasteiger partial charge on any atom is 0.264 e. The fourth-order valence-electron chi connectivity index (χ4n) is 7.05. The van der Waals surface area contributed by atoms with Crippen LogP contribution in [0.1, 0.15) is 74.4 Å². The monoisotopic (exact) mass is 638 g/mol. The Morgan fingerprint density at radius 1 is 1.30 bits per heavy atom. The lowest BCUT2D eigenvalue weighted by molar-refractivity contribution is -0.0349. The number of hydrogen-bond acceptors (Lipinski definition) is 6. The lowest BCUT2D eigenvalue weighted by Crippen LogP contribution is -2.52. The topological polar surface area (TPSA) is 84.9 Å². The molecule has 1 N–H and O–H groups in total. The van der Waals surface area contributed by atoms with Crippen molar-refractivity contribution in [1.29, 1.82) is 0 Å². The molecule has 7 nitrogen and oxygen atoms in total. The molecule has 3 aliphatic rings. The highest BCUT2D eigenvalue weighted by atomic mass is 35.5. The van der Waals surface area contributed by atoms with Crippen LogP contribution < -0.4 is 14.4 Å². The van der Waals surface area contributed by atoms with Gasteiger partial charge in [0.1, 0.15) is 11.4 Å². The van der Waals surface area contributed by atoms with Gasteiger partial charge < -0.3 is 14.4 Å². The van der Waals surface area contributed by atoms with Crippen LogP contribution in [0, 0.1) is 24.2 Å². The van der Waals surface area contributed by atoms with Gasteiger partial charge in [-0.1, -0.05) is 36.6 Å². The summed E-state index contributed by atoms with van der Waals surface area (Å²) < 4.78 is 39.8. The first-order valence-corrected chi connectivity index (χ1v) is 17.5. The van der Waals surface area contributed by atoms with Crippen LogP contribution in [0.15, 0.2) is 48.6 Å². The summed E-state index contributed by atoms with van der Waals surface area (Å²) in [6, 6.07) is 11.3. The molecule has 0 radical (unpaired) electrons. The van der Waals surface area contributed by atoms with E-state index in [9.17, 15) is 13.2 Å². The minimum Gasteiger partial charge on any atom is -0.490 e. The highest BCUT2D eigenvalue weighted by molar-refractivity contribution is 7.90. The molecule has 2 aromatic carbocycles. The van der Waals surface area contributed by atoms with Crippen molar-refractivity contribution in [1.82, 2.24) is 4.72 Å². The normalized spacial score (nSPS) is 24.4. The number of anilines is 1. The van der Waals surface area contributed by atoms with E-state index in [1.54, 1.807) is 25.3 Å². The number of rotatable bonds is 9. The third-order valence-corrected chi connectivity index (χ3v) is 11.7. The van der Waals surface area contributed by atoms with Gasteiger partial charge in [-0.15, -0.1) is 6.42 Å². The van der Waals surface area contributed by atoms with Crippen molar-refractivity contribution >= 4 is 33.2 Å². The second kappa shape index (κ2) is 12.8. The van der Waals surface area contributed by atoms with E-state index in [0.717, 1.165) is 49.2 Å². The van der Waals surface area contributed by atoms with E-state index in [2.05, 4.69) is 40.7 Å². The number of methoxy groups -OCH3 is 1. The zero-order valence-corrected chi connectivity index (χ0v) is 27.6. The van der Waals surface area contributed by atoms with E-state index in [4.69, 9.17) is 27.5 Å². The SMILES string of the molecule is C#C[C@@](/C=C/CC)(OC)[C@@H]1CC[C@H]1CN1C[C@@]2(CCCc3cc(Cl)ccc32)COc2ccc(C(=O)NS(=O)(=O)C(C)C)cc21. The number of terminal acetylenes is 1. The molecule has 5 rings (SSSR count). The van der Waals surface area contributed by atoms with E-state index in [-0.39, 0.29) is 22.8 Å². The minimum absolute atomic E-state index is 0.129. The van der Waals surface area contributed by atoms with Gasteiger partial charge in [0, 0.05) is 42.1 Å². The Kier molecular flexibility index (Phi) is 9.42. The molecule has 0 aromatic heterocycles. The summed E-state index contributed by atoms with van der Waals surface area (Å²) in [5.74, 6) is 3.34. The van der Waals surface area contributed by atoms with Gasteiger partial charge in [0.15, 0.2) is 0 Å². The molecule has 1 amide bonds. The Bertz CT molecular complexity index is 1580. The largest absolute Gasteiger partial charge is 0.490 e. The number of sulfonamides is 1. The summed E-state index contributed by atoms with van der Waals surface area (Å²) in [6.45, 7) is 7.00. The molecular formula is C35H43ClN2O5S. The smallest absolute Gasteiger partial charge is 0.264 e. The second-order valence-electron chi connectivity index (χ2n) is 12.7. The van der Waals surface area contributed by atoms with Gasteiger partial charge in [0.25, 0.3) is 5.91 Å². The van der Waals surface area contributed by atoms with Crippen molar-refractivity contribution in [2.45, 2.75) is 75.6 Å². The van der Waals surface area contributed by atoms with E-state index >= 15 is 0 Å². The molecule has 0 unspecified atom stereocenters. The minimum atomic E-state index is -3.79. The average Bonchev–Trinajstić information content (AvgIpc) is 3.13. The number of benzene rings is 2. The summed E-state index contributed by atoms with van der Waals surface area (Å²) in [4.78, 5) is 15.5. The number of nitrogens with one attached hydrogen (secondary N) is 1. The van der Waals surface area contributed by atoms with Crippen molar-refractivity contribution in [3.63, 3.8) is 0 Å². The summed E-state index contributed by atoms with van der Waals surface area (Å²) in [6.07, 6.45) is 16.0. The summed E-state index contributed by atoms with van der Waals surface area (Å²) in [5, 5.41) is -0.00789. The van der Waals surface area contributed by atoms with Gasteiger partial charge in [-0.05, 0) is 106 Å². The fraction of sp³-hybridized carbons (Fsp3) is 0.514. The Hall–Kier alpha value is -2.99. The standard InChI is InChI=1S/C35H43ClN2O5S/c1-6-8-18-35(7-2,42-5)30-14-11-27(30)21-38-22-34(17-9-10-25-19-28(36)13-15-29(25)34)23-43-32-16-12-26(20-31(32)38)33(39)37-44(40,41)24(3)4/h2,8,12-13,15-16,18-20,24,27,30H,6,9-11,14,17,21-23H2,1,3-5H3,(H,37,39)/b18-8+/t27-,30+,34-,35-/m0/s1. The first-order chi connectivity index (χ1) is 21.0. The zero-order chi connectivity index (χ0) is 31.7. The Morgan fingerprint density at radius 2 is 2.09 bits per heavy atom. The number of carbonyl (C=O) groups is 1.